The summed E-state index contributed by atoms with van der Waals surface area (Å²) in [6, 6.07) is 11.0. The van der Waals surface area contributed by atoms with Crippen LogP contribution >= 0.6 is 11.6 Å². The lowest BCUT2D eigenvalue weighted by Gasteiger charge is -2.11. The number of nitrogens with zero attached hydrogens (tertiary/aromatic N) is 3. The lowest BCUT2D eigenvalue weighted by atomic mass is 10.1. The molecular weight excluding hydrogens is 316 g/mol. The summed E-state index contributed by atoms with van der Waals surface area (Å²) in [6.45, 7) is 3.70. The summed E-state index contributed by atoms with van der Waals surface area (Å²) in [6.07, 6.45) is 0. The molecule has 3 rings (SSSR count). The number of anilines is 1. The molecule has 2 aromatic carbocycles. The number of fused-ring (bicyclic) bond motifs is 1. The van der Waals surface area contributed by atoms with E-state index in [1.54, 1.807) is 18.2 Å². The first-order chi connectivity index (χ1) is 11.0. The van der Waals surface area contributed by atoms with Crippen LogP contribution in [0.1, 0.15) is 11.1 Å². The van der Waals surface area contributed by atoms with E-state index in [4.69, 9.17) is 16.4 Å². The number of hydrogen-bond donors (Lipinski definition) is 1. The highest BCUT2D eigenvalue weighted by Crippen LogP contribution is 2.19. The van der Waals surface area contributed by atoms with Crippen molar-refractivity contribution in [3.63, 3.8) is 0 Å². The number of aryl methyl sites for hydroxylation is 2. The molecule has 0 saturated carbocycles. The van der Waals surface area contributed by atoms with E-state index >= 15 is 0 Å². The highest BCUT2D eigenvalue weighted by atomic mass is 35.5. The molecule has 0 aliphatic rings. The molecule has 1 N–H and O–H groups in total. The van der Waals surface area contributed by atoms with Crippen LogP contribution < -0.4 is 10.2 Å². The minimum Gasteiger partial charge on any atom is -0.385 e. The first-order valence-electron chi connectivity index (χ1n) is 7.05. The van der Waals surface area contributed by atoms with E-state index in [-0.39, 0.29) is 12.5 Å². The number of nitrogens with one attached hydrogen (secondary N) is 1. The Hall–Kier alpha value is -2.60. The Morgan fingerprint density at radius 1 is 1.26 bits per heavy atom. The molecule has 1 heterocycles. The number of para-hydroxylation sites is 1. The first kappa shape index (κ1) is 15.3. The number of carbonyl (C=O) groups excluding carboxylic acids is 1. The van der Waals surface area contributed by atoms with Crippen molar-refractivity contribution in [1.82, 2.24) is 15.2 Å². The van der Waals surface area contributed by atoms with E-state index in [1.165, 1.54) is 4.85 Å². The van der Waals surface area contributed by atoms with E-state index in [1.807, 2.05) is 32.0 Å². The molecule has 0 aliphatic heterocycles. The Morgan fingerprint density at radius 3 is 2.74 bits per heavy atom. The van der Waals surface area contributed by atoms with Gasteiger partial charge in [0.1, 0.15) is 11.0 Å². The van der Waals surface area contributed by atoms with Crippen molar-refractivity contribution in [2.24, 2.45) is 0 Å². The molecular formula is C16H15ClN4O2. The van der Waals surface area contributed by atoms with Crippen LogP contribution in [-0.4, -0.2) is 27.7 Å². The van der Waals surface area contributed by atoms with Crippen molar-refractivity contribution in [3.05, 3.63) is 52.5 Å². The Balaban J connectivity index is 1.70. The molecule has 118 valence electrons. The summed E-state index contributed by atoms with van der Waals surface area (Å²) >= 11 is 5.95. The van der Waals surface area contributed by atoms with Gasteiger partial charge in [-0.15, -0.1) is 5.10 Å². The molecule has 0 radical (unpaired) electrons. The van der Waals surface area contributed by atoms with Gasteiger partial charge in [0.2, 0.25) is 0 Å². The summed E-state index contributed by atoms with van der Waals surface area (Å²) in [5.41, 5.74) is 4.04. The Morgan fingerprint density at radius 2 is 2.00 bits per heavy atom. The van der Waals surface area contributed by atoms with Gasteiger partial charge in [-0.1, -0.05) is 34.6 Å². The molecule has 0 atom stereocenters. The van der Waals surface area contributed by atoms with E-state index < -0.39 is 0 Å². The highest BCUT2D eigenvalue weighted by molar-refractivity contribution is 6.31. The van der Waals surface area contributed by atoms with Crippen LogP contribution in [0.5, 0.6) is 0 Å². The van der Waals surface area contributed by atoms with Crippen LogP contribution in [0, 0.1) is 13.8 Å². The molecule has 0 fully saturated rings. The molecule has 1 aromatic heterocycles. The lowest BCUT2D eigenvalue weighted by molar-refractivity contribution is -0.121. The van der Waals surface area contributed by atoms with Gasteiger partial charge in [-0.05, 0) is 48.4 Å². The van der Waals surface area contributed by atoms with Crippen molar-refractivity contribution in [2.75, 3.05) is 11.9 Å². The average Bonchev–Trinajstić information content (AvgIpc) is 2.91. The summed E-state index contributed by atoms with van der Waals surface area (Å²) in [7, 11) is 0. The fourth-order valence-electron chi connectivity index (χ4n) is 2.27. The maximum absolute atomic E-state index is 12.1. The second-order valence-corrected chi connectivity index (χ2v) is 5.62. The summed E-state index contributed by atoms with van der Waals surface area (Å²) in [4.78, 5) is 18.7. The monoisotopic (exact) mass is 330 g/mol. The highest BCUT2D eigenvalue weighted by Gasteiger charge is 2.10. The van der Waals surface area contributed by atoms with E-state index in [0.717, 1.165) is 16.8 Å². The number of hydrogen-bond acceptors (Lipinski definition) is 4. The molecule has 6 nitrogen and oxygen atoms in total. The third kappa shape index (κ3) is 3.27. The largest absolute Gasteiger partial charge is 0.385 e. The van der Waals surface area contributed by atoms with Crippen molar-refractivity contribution in [1.29, 1.82) is 0 Å². The maximum atomic E-state index is 12.1. The standard InChI is InChI=1S/C16H15ClN4O2/c1-10-4-3-5-11(2)16(10)18-15(22)9-23-21-14-8-12(17)6-7-13(14)19-20-21/h3-8H,9H2,1-2H3,(H,18,22). The number of aromatic nitrogens is 3. The van der Waals surface area contributed by atoms with Gasteiger partial charge >= 0.3 is 0 Å². The summed E-state index contributed by atoms with van der Waals surface area (Å²) in [5, 5.41) is 11.2. The topological polar surface area (TPSA) is 69.0 Å². The Labute approximate surface area is 138 Å². The van der Waals surface area contributed by atoms with Gasteiger partial charge in [-0.2, -0.15) is 0 Å². The van der Waals surface area contributed by atoms with Gasteiger partial charge in [0, 0.05) is 10.7 Å². The van der Waals surface area contributed by atoms with E-state index in [0.29, 0.717) is 16.1 Å². The zero-order valence-corrected chi connectivity index (χ0v) is 13.5. The van der Waals surface area contributed by atoms with Gasteiger partial charge in [0.25, 0.3) is 5.91 Å². The number of halogens is 1. The van der Waals surface area contributed by atoms with Crippen LogP contribution in [0.4, 0.5) is 5.69 Å². The molecule has 0 unspecified atom stereocenters. The fraction of sp³-hybridized carbons (Fsp3) is 0.188. The predicted molar refractivity (Wildman–Crippen MR) is 88.5 cm³/mol. The van der Waals surface area contributed by atoms with Gasteiger partial charge < -0.3 is 10.2 Å². The lowest BCUT2D eigenvalue weighted by Crippen LogP contribution is -2.26. The van der Waals surface area contributed by atoms with Crippen LogP contribution in [0.2, 0.25) is 5.02 Å². The van der Waals surface area contributed by atoms with Gasteiger partial charge in [0.15, 0.2) is 6.61 Å². The molecule has 0 saturated heterocycles. The molecule has 7 heteroatoms. The van der Waals surface area contributed by atoms with Gasteiger partial charge in [0.05, 0.1) is 0 Å². The fourth-order valence-corrected chi connectivity index (χ4v) is 2.44. The normalized spacial score (nSPS) is 10.7. The molecule has 23 heavy (non-hydrogen) atoms. The Kier molecular flexibility index (Phi) is 4.16. The average molecular weight is 331 g/mol. The first-order valence-corrected chi connectivity index (χ1v) is 7.43. The van der Waals surface area contributed by atoms with Crippen LogP contribution in [0.15, 0.2) is 36.4 Å². The second kappa shape index (κ2) is 6.26. The Bertz CT molecular complexity index is 855. The summed E-state index contributed by atoms with van der Waals surface area (Å²) < 4.78 is 0. The summed E-state index contributed by atoms with van der Waals surface area (Å²) in [5.74, 6) is -0.270. The minimum absolute atomic E-state index is 0.182. The molecule has 3 aromatic rings. The van der Waals surface area contributed by atoms with Crippen molar-refractivity contribution in [3.8, 4) is 0 Å². The SMILES string of the molecule is Cc1cccc(C)c1NC(=O)COn1nnc2ccc(Cl)cc21. The van der Waals surface area contributed by atoms with Crippen LogP contribution in [0.3, 0.4) is 0 Å². The van der Waals surface area contributed by atoms with Crippen molar-refractivity contribution in [2.45, 2.75) is 13.8 Å². The number of rotatable bonds is 4. The van der Waals surface area contributed by atoms with E-state index in [9.17, 15) is 4.79 Å². The minimum atomic E-state index is -0.270. The second-order valence-electron chi connectivity index (χ2n) is 5.18. The quantitative estimate of drug-likeness (QED) is 0.798. The van der Waals surface area contributed by atoms with Gasteiger partial charge in [-0.3, -0.25) is 4.79 Å². The number of amides is 1. The predicted octanol–water partition coefficient (Wildman–Crippen LogP) is 2.77. The molecule has 0 bridgehead atoms. The number of benzene rings is 2. The van der Waals surface area contributed by atoms with Crippen molar-refractivity contribution >= 4 is 34.2 Å². The third-order valence-electron chi connectivity index (χ3n) is 3.44. The third-order valence-corrected chi connectivity index (χ3v) is 3.68. The van der Waals surface area contributed by atoms with Crippen LogP contribution in [0.25, 0.3) is 11.0 Å². The molecule has 1 amide bonds. The van der Waals surface area contributed by atoms with Crippen LogP contribution in [-0.2, 0) is 4.79 Å². The zero-order chi connectivity index (χ0) is 16.4. The number of carbonyl (C=O) groups is 1. The molecule has 0 spiro atoms. The molecule has 0 aliphatic carbocycles. The zero-order valence-electron chi connectivity index (χ0n) is 12.7. The van der Waals surface area contributed by atoms with Crippen molar-refractivity contribution < 1.29 is 9.63 Å². The maximum Gasteiger partial charge on any atom is 0.265 e. The van der Waals surface area contributed by atoms with Gasteiger partial charge in [-0.25, -0.2) is 0 Å². The van der Waals surface area contributed by atoms with E-state index in [2.05, 4.69) is 15.6 Å². The smallest absolute Gasteiger partial charge is 0.265 e.